The number of halogens is 2. The average Bonchev–Trinajstić information content (AvgIpc) is 2.45. The van der Waals surface area contributed by atoms with Crippen LogP contribution >= 0.6 is 0 Å². The van der Waals surface area contributed by atoms with Gasteiger partial charge in [0, 0.05) is 12.6 Å². The zero-order valence-electron chi connectivity index (χ0n) is 12.0. The first-order valence-electron chi connectivity index (χ1n) is 6.49. The topological polar surface area (TPSA) is 67.4 Å². The molecule has 1 aromatic carbocycles. The Morgan fingerprint density at radius 1 is 1.33 bits per heavy atom. The first-order valence-corrected chi connectivity index (χ1v) is 7.98. The van der Waals surface area contributed by atoms with Gasteiger partial charge in [0.1, 0.15) is 6.61 Å². The van der Waals surface area contributed by atoms with Crippen molar-refractivity contribution in [2.24, 2.45) is 0 Å². The lowest BCUT2D eigenvalue weighted by Crippen LogP contribution is -2.28. The number of hydrogen-bond donors (Lipinski definition) is 2. The summed E-state index contributed by atoms with van der Waals surface area (Å²) in [6.07, 6.45) is -2.55. The zero-order valence-corrected chi connectivity index (χ0v) is 12.8. The molecule has 0 saturated carbocycles. The standard InChI is InChI=1S/C13H20F2N2O3S/c1-10(16-2)11-4-3-5-12(8-11)21(18,19)17-6-7-20-9-13(14)15/h3-5,8,10,13,16-17H,6-7,9H2,1-2H3. The second kappa shape index (κ2) is 8.38. The minimum absolute atomic E-state index is 0.0227. The Bertz CT molecular complexity index is 538. The van der Waals surface area contributed by atoms with Gasteiger partial charge in [0.2, 0.25) is 10.0 Å². The molecule has 0 saturated heterocycles. The van der Waals surface area contributed by atoms with Crippen molar-refractivity contribution in [3.8, 4) is 0 Å². The van der Waals surface area contributed by atoms with Gasteiger partial charge >= 0.3 is 0 Å². The van der Waals surface area contributed by atoms with Crippen LogP contribution in [0.4, 0.5) is 8.78 Å². The quantitative estimate of drug-likeness (QED) is 0.677. The molecule has 0 aromatic heterocycles. The first-order chi connectivity index (χ1) is 9.86. The third-order valence-corrected chi connectivity index (χ3v) is 4.34. The maximum atomic E-state index is 12.1. The van der Waals surface area contributed by atoms with Crippen molar-refractivity contribution in [2.45, 2.75) is 24.3 Å². The molecular weight excluding hydrogens is 302 g/mol. The van der Waals surface area contributed by atoms with Crippen molar-refractivity contribution in [1.82, 2.24) is 10.0 Å². The van der Waals surface area contributed by atoms with E-state index in [4.69, 9.17) is 0 Å². The van der Waals surface area contributed by atoms with Crippen LogP contribution in [0.2, 0.25) is 0 Å². The van der Waals surface area contributed by atoms with Gasteiger partial charge < -0.3 is 10.1 Å². The lowest BCUT2D eigenvalue weighted by atomic mass is 10.1. The first kappa shape index (κ1) is 18.0. The lowest BCUT2D eigenvalue weighted by Gasteiger charge is -2.13. The summed E-state index contributed by atoms with van der Waals surface area (Å²) < 4.78 is 54.7. The molecule has 8 heteroatoms. The van der Waals surface area contributed by atoms with Crippen LogP contribution in [0.25, 0.3) is 0 Å². The molecule has 120 valence electrons. The van der Waals surface area contributed by atoms with Crippen LogP contribution < -0.4 is 10.0 Å². The molecule has 0 spiro atoms. The van der Waals surface area contributed by atoms with Gasteiger partial charge in [-0.1, -0.05) is 12.1 Å². The van der Waals surface area contributed by atoms with E-state index < -0.39 is 23.1 Å². The summed E-state index contributed by atoms with van der Waals surface area (Å²) in [4.78, 5) is 0.135. The molecule has 1 unspecified atom stereocenters. The van der Waals surface area contributed by atoms with E-state index >= 15 is 0 Å². The predicted octanol–water partition coefficient (Wildman–Crippen LogP) is 1.53. The van der Waals surface area contributed by atoms with Crippen LogP contribution in [0, 0.1) is 0 Å². The number of hydrogen-bond acceptors (Lipinski definition) is 4. The van der Waals surface area contributed by atoms with Gasteiger partial charge in [-0.05, 0) is 31.7 Å². The maximum Gasteiger partial charge on any atom is 0.261 e. The highest BCUT2D eigenvalue weighted by molar-refractivity contribution is 7.89. The van der Waals surface area contributed by atoms with Gasteiger partial charge in [-0.3, -0.25) is 0 Å². The summed E-state index contributed by atoms with van der Waals surface area (Å²) in [6.45, 7) is 1.06. The molecule has 21 heavy (non-hydrogen) atoms. The molecule has 0 aliphatic carbocycles. The summed E-state index contributed by atoms with van der Waals surface area (Å²) in [5.41, 5.74) is 0.842. The number of rotatable bonds is 9. The number of alkyl halides is 2. The van der Waals surface area contributed by atoms with Crippen molar-refractivity contribution in [2.75, 3.05) is 26.8 Å². The molecule has 1 atom stereocenters. The van der Waals surface area contributed by atoms with Crippen molar-refractivity contribution < 1.29 is 21.9 Å². The van der Waals surface area contributed by atoms with Crippen LogP contribution in [-0.2, 0) is 14.8 Å². The Morgan fingerprint density at radius 3 is 2.67 bits per heavy atom. The zero-order chi connectivity index (χ0) is 15.9. The van der Waals surface area contributed by atoms with Crippen LogP contribution in [-0.4, -0.2) is 41.6 Å². The smallest absolute Gasteiger partial charge is 0.261 e. The predicted molar refractivity (Wildman–Crippen MR) is 75.9 cm³/mol. The molecule has 0 bridgehead atoms. The van der Waals surface area contributed by atoms with E-state index in [2.05, 4.69) is 14.8 Å². The largest absolute Gasteiger partial charge is 0.374 e. The van der Waals surface area contributed by atoms with E-state index in [1.165, 1.54) is 6.07 Å². The highest BCUT2D eigenvalue weighted by atomic mass is 32.2. The fourth-order valence-corrected chi connectivity index (χ4v) is 2.69. The third-order valence-electron chi connectivity index (χ3n) is 2.88. The molecule has 0 aliphatic heterocycles. The van der Waals surface area contributed by atoms with Crippen molar-refractivity contribution in [1.29, 1.82) is 0 Å². The van der Waals surface area contributed by atoms with Gasteiger partial charge in [0.25, 0.3) is 6.43 Å². The molecule has 2 N–H and O–H groups in total. The van der Waals surface area contributed by atoms with E-state index in [-0.39, 0.29) is 24.1 Å². The fraction of sp³-hybridized carbons (Fsp3) is 0.538. The second-order valence-corrected chi connectivity index (χ2v) is 6.21. The van der Waals surface area contributed by atoms with E-state index in [1.807, 2.05) is 13.0 Å². The van der Waals surface area contributed by atoms with Gasteiger partial charge in [-0.2, -0.15) is 0 Å². The second-order valence-electron chi connectivity index (χ2n) is 4.45. The number of nitrogens with one attached hydrogen (secondary N) is 2. The Kier molecular flexibility index (Phi) is 7.16. The molecular formula is C13H20F2N2O3S. The highest BCUT2D eigenvalue weighted by Gasteiger charge is 2.15. The minimum Gasteiger partial charge on any atom is -0.374 e. The molecule has 0 amide bonds. The monoisotopic (exact) mass is 322 g/mol. The van der Waals surface area contributed by atoms with Crippen molar-refractivity contribution in [3.63, 3.8) is 0 Å². The van der Waals surface area contributed by atoms with E-state index in [0.29, 0.717) is 0 Å². The Morgan fingerprint density at radius 2 is 2.05 bits per heavy atom. The molecule has 1 rings (SSSR count). The SMILES string of the molecule is CNC(C)c1cccc(S(=O)(=O)NCCOCC(F)F)c1. The number of ether oxygens (including phenoxy) is 1. The van der Waals surface area contributed by atoms with Crippen molar-refractivity contribution in [3.05, 3.63) is 29.8 Å². The molecule has 1 aromatic rings. The number of benzene rings is 1. The van der Waals surface area contributed by atoms with E-state index in [9.17, 15) is 17.2 Å². The molecule has 0 radical (unpaired) electrons. The van der Waals surface area contributed by atoms with Gasteiger partial charge in [0.15, 0.2) is 0 Å². The summed E-state index contributed by atoms with van der Waals surface area (Å²) in [7, 11) is -1.89. The van der Waals surface area contributed by atoms with E-state index in [1.54, 1.807) is 19.2 Å². The summed E-state index contributed by atoms with van der Waals surface area (Å²) in [6, 6.07) is 6.56. The van der Waals surface area contributed by atoms with Crippen LogP contribution in [0.3, 0.4) is 0 Å². The van der Waals surface area contributed by atoms with Crippen LogP contribution in [0.5, 0.6) is 0 Å². The molecule has 0 aliphatic rings. The Balaban J connectivity index is 2.62. The Labute approximate surface area is 123 Å². The number of sulfonamides is 1. The average molecular weight is 322 g/mol. The van der Waals surface area contributed by atoms with Crippen LogP contribution in [0.1, 0.15) is 18.5 Å². The Hall–Kier alpha value is -1.09. The van der Waals surface area contributed by atoms with Crippen molar-refractivity contribution >= 4 is 10.0 Å². The minimum atomic E-state index is -3.67. The molecule has 0 fully saturated rings. The van der Waals surface area contributed by atoms with Crippen LogP contribution in [0.15, 0.2) is 29.2 Å². The van der Waals surface area contributed by atoms with Gasteiger partial charge in [-0.15, -0.1) is 0 Å². The summed E-state index contributed by atoms with van der Waals surface area (Å²) in [5.74, 6) is 0. The highest BCUT2D eigenvalue weighted by Crippen LogP contribution is 2.16. The molecule has 5 nitrogen and oxygen atoms in total. The van der Waals surface area contributed by atoms with Gasteiger partial charge in [-0.25, -0.2) is 21.9 Å². The molecule has 0 heterocycles. The maximum absolute atomic E-state index is 12.1. The normalized spacial score (nSPS) is 13.6. The fourth-order valence-electron chi connectivity index (χ4n) is 1.62. The van der Waals surface area contributed by atoms with E-state index in [0.717, 1.165) is 5.56 Å². The van der Waals surface area contributed by atoms with Gasteiger partial charge in [0.05, 0.1) is 11.5 Å². The lowest BCUT2D eigenvalue weighted by molar-refractivity contribution is 0.0199. The summed E-state index contributed by atoms with van der Waals surface area (Å²) >= 11 is 0. The summed E-state index contributed by atoms with van der Waals surface area (Å²) in [5, 5.41) is 3.02. The third kappa shape index (κ3) is 6.04.